The second-order valence-corrected chi connectivity index (χ2v) is 5.96. The van der Waals surface area contributed by atoms with Gasteiger partial charge >= 0.3 is 0 Å². The predicted octanol–water partition coefficient (Wildman–Crippen LogP) is 3.56. The van der Waals surface area contributed by atoms with E-state index >= 15 is 0 Å². The maximum absolute atomic E-state index is 11.9. The van der Waals surface area contributed by atoms with Crippen LogP contribution in [0.2, 0.25) is 5.02 Å². The second kappa shape index (κ2) is 7.31. The molecular weight excluding hydrogens is 292 g/mol. The van der Waals surface area contributed by atoms with Crippen molar-refractivity contribution in [2.24, 2.45) is 0 Å². The van der Waals surface area contributed by atoms with E-state index in [1.807, 2.05) is 30.5 Å². The van der Waals surface area contributed by atoms with Gasteiger partial charge in [-0.25, -0.2) is 0 Å². The molecule has 0 spiro atoms. The maximum Gasteiger partial charge on any atom is 0.242 e. The molecule has 0 aliphatic rings. The molecule has 1 amide bonds. The lowest BCUT2D eigenvalue weighted by Gasteiger charge is -2.15. The molecule has 3 nitrogen and oxygen atoms in total. The van der Waals surface area contributed by atoms with Crippen molar-refractivity contribution in [1.82, 2.24) is 5.32 Å². The fourth-order valence-electron chi connectivity index (χ4n) is 1.78. The number of carbonyl (C=O) groups is 1. The number of halogens is 1. The number of hydrogen-bond acceptors (Lipinski definition) is 3. The summed E-state index contributed by atoms with van der Waals surface area (Å²) in [6.07, 6.45) is 0.872. The van der Waals surface area contributed by atoms with Gasteiger partial charge in [-0.3, -0.25) is 4.79 Å². The quantitative estimate of drug-likeness (QED) is 0.856. The van der Waals surface area contributed by atoms with E-state index in [-0.39, 0.29) is 11.9 Å². The summed E-state index contributed by atoms with van der Waals surface area (Å²) < 4.78 is 0. The zero-order valence-corrected chi connectivity index (χ0v) is 12.8. The molecule has 1 unspecified atom stereocenters. The molecule has 1 aromatic carbocycles. The van der Waals surface area contributed by atoms with Crippen LogP contribution in [-0.2, 0) is 11.2 Å². The van der Waals surface area contributed by atoms with E-state index in [9.17, 15) is 4.79 Å². The lowest BCUT2D eigenvalue weighted by atomic mass is 10.2. The van der Waals surface area contributed by atoms with E-state index in [4.69, 9.17) is 11.6 Å². The van der Waals surface area contributed by atoms with Gasteiger partial charge in [0.25, 0.3) is 0 Å². The highest BCUT2D eigenvalue weighted by Crippen LogP contribution is 2.14. The summed E-state index contributed by atoms with van der Waals surface area (Å²) in [4.78, 5) is 13.2. The molecule has 0 saturated heterocycles. The summed E-state index contributed by atoms with van der Waals surface area (Å²) >= 11 is 7.53. The van der Waals surface area contributed by atoms with E-state index < -0.39 is 0 Å². The van der Waals surface area contributed by atoms with Crippen molar-refractivity contribution in [1.29, 1.82) is 0 Å². The van der Waals surface area contributed by atoms with Crippen molar-refractivity contribution in [2.45, 2.75) is 19.4 Å². The number of thiophene rings is 1. The van der Waals surface area contributed by atoms with E-state index in [0.29, 0.717) is 11.6 Å². The van der Waals surface area contributed by atoms with E-state index in [1.54, 1.807) is 23.5 Å². The van der Waals surface area contributed by atoms with Crippen molar-refractivity contribution in [3.63, 3.8) is 0 Å². The molecule has 1 atom stereocenters. The minimum atomic E-state index is -0.278. The van der Waals surface area contributed by atoms with Crippen LogP contribution in [0.4, 0.5) is 5.69 Å². The average Bonchev–Trinajstić information content (AvgIpc) is 2.94. The number of hydrogen-bond donors (Lipinski definition) is 2. The number of rotatable bonds is 6. The Morgan fingerprint density at radius 3 is 2.70 bits per heavy atom. The molecule has 0 bridgehead atoms. The molecule has 106 valence electrons. The molecule has 1 aromatic heterocycles. The van der Waals surface area contributed by atoms with Gasteiger partial charge in [-0.1, -0.05) is 17.7 Å². The van der Waals surface area contributed by atoms with Gasteiger partial charge in [0, 0.05) is 22.1 Å². The Labute approximate surface area is 128 Å². The first-order valence-corrected chi connectivity index (χ1v) is 7.73. The van der Waals surface area contributed by atoms with Crippen LogP contribution in [0.25, 0.3) is 0 Å². The Morgan fingerprint density at radius 1 is 1.30 bits per heavy atom. The first-order valence-electron chi connectivity index (χ1n) is 6.47. The van der Waals surface area contributed by atoms with Crippen LogP contribution in [0.5, 0.6) is 0 Å². The Morgan fingerprint density at radius 2 is 2.05 bits per heavy atom. The van der Waals surface area contributed by atoms with Crippen molar-refractivity contribution in [3.8, 4) is 0 Å². The lowest BCUT2D eigenvalue weighted by molar-refractivity contribution is -0.121. The smallest absolute Gasteiger partial charge is 0.242 e. The maximum atomic E-state index is 11.9. The molecule has 0 saturated carbocycles. The van der Waals surface area contributed by atoms with Crippen LogP contribution >= 0.6 is 22.9 Å². The number of benzene rings is 1. The summed E-state index contributed by atoms with van der Waals surface area (Å²) in [7, 11) is 0. The highest BCUT2D eigenvalue weighted by atomic mass is 35.5. The van der Waals surface area contributed by atoms with Gasteiger partial charge in [-0.05, 0) is 49.1 Å². The summed E-state index contributed by atoms with van der Waals surface area (Å²) in [6.45, 7) is 2.50. The minimum absolute atomic E-state index is 0.00324. The van der Waals surface area contributed by atoms with Gasteiger partial charge in [0.1, 0.15) is 6.04 Å². The topological polar surface area (TPSA) is 41.1 Å². The molecule has 0 fully saturated rings. The van der Waals surface area contributed by atoms with Gasteiger partial charge < -0.3 is 10.6 Å². The fraction of sp³-hybridized carbons (Fsp3) is 0.267. The van der Waals surface area contributed by atoms with Crippen LogP contribution in [0.15, 0.2) is 41.8 Å². The van der Waals surface area contributed by atoms with Crippen LogP contribution in [-0.4, -0.2) is 18.5 Å². The number of carbonyl (C=O) groups excluding carboxylic acids is 1. The highest BCUT2D eigenvalue weighted by Gasteiger charge is 2.11. The van der Waals surface area contributed by atoms with Crippen molar-refractivity contribution < 1.29 is 4.79 Å². The van der Waals surface area contributed by atoms with Gasteiger partial charge in [0.2, 0.25) is 5.91 Å². The van der Waals surface area contributed by atoms with E-state index in [2.05, 4.69) is 16.7 Å². The molecule has 20 heavy (non-hydrogen) atoms. The standard InChI is InChI=1S/C15H17ClN2OS/c1-11(18-13-6-4-12(16)5-7-13)15(19)17-9-8-14-3-2-10-20-14/h2-7,10-11,18H,8-9H2,1H3,(H,17,19). The van der Waals surface area contributed by atoms with Crippen LogP contribution in [0, 0.1) is 0 Å². The Hall–Kier alpha value is -1.52. The molecule has 0 radical (unpaired) electrons. The zero-order chi connectivity index (χ0) is 14.4. The third kappa shape index (κ3) is 4.54. The largest absolute Gasteiger partial charge is 0.374 e. The molecule has 0 aliphatic heterocycles. The normalized spacial score (nSPS) is 11.9. The fourth-order valence-corrected chi connectivity index (χ4v) is 2.61. The van der Waals surface area contributed by atoms with E-state index in [1.165, 1.54) is 4.88 Å². The van der Waals surface area contributed by atoms with Crippen molar-refractivity contribution >= 4 is 34.5 Å². The molecular formula is C15H17ClN2OS. The number of amides is 1. The van der Waals surface area contributed by atoms with E-state index in [0.717, 1.165) is 12.1 Å². The van der Waals surface area contributed by atoms with Crippen LogP contribution in [0.3, 0.4) is 0 Å². The third-order valence-electron chi connectivity index (χ3n) is 2.87. The molecule has 0 aliphatic carbocycles. The summed E-state index contributed by atoms with van der Waals surface area (Å²) in [5.41, 5.74) is 0.885. The third-order valence-corrected chi connectivity index (χ3v) is 4.06. The van der Waals surface area contributed by atoms with Crippen molar-refractivity contribution in [3.05, 3.63) is 51.7 Å². The Balaban J connectivity index is 1.75. The molecule has 2 aromatic rings. The Bertz CT molecular complexity index is 540. The first-order chi connectivity index (χ1) is 9.65. The Kier molecular flexibility index (Phi) is 5.44. The van der Waals surface area contributed by atoms with Crippen LogP contribution in [0.1, 0.15) is 11.8 Å². The SMILES string of the molecule is CC(Nc1ccc(Cl)cc1)C(=O)NCCc1cccs1. The first kappa shape index (κ1) is 14.9. The van der Waals surface area contributed by atoms with Gasteiger partial charge in [0.05, 0.1) is 0 Å². The number of nitrogens with one attached hydrogen (secondary N) is 2. The van der Waals surface area contributed by atoms with Gasteiger partial charge in [-0.2, -0.15) is 0 Å². The van der Waals surface area contributed by atoms with Crippen LogP contribution < -0.4 is 10.6 Å². The molecule has 2 N–H and O–H groups in total. The second-order valence-electron chi connectivity index (χ2n) is 4.49. The molecule has 5 heteroatoms. The summed E-state index contributed by atoms with van der Waals surface area (Å²) in [5.74, 6) is -0.00324. The number of anilines is 1. The monoisotopic (exact) mass is 308 g/mol. The van der Waals surface area contributed by atoms with Gasteiger partial charge in [0.15, 0.2) is 0 Å². The average molecular weight is 309 g/mol. The predicted molar refractivity (Wildman–Crippen MR) is 85.6 cm³/mol. The van der Waals surface area contributed by atoms with Crippen molar-refractivity contribution in [2.75, 3.05) is 11.9 Å². The zero-order valence-electron chi connectivity index (χ0n) is 11.2. The highest BCUT2D eigenvalue weighted by molar-refractivity contribution is 7.09. The summed E-state index contributed by atoms with van der Waals surface area (Å²) in [6, 6.07) is 11.1. The molecule has 1 heterocycles. The minimum Gasteiger partial charge on any atom is -0.374 e. The molecule has 2 rings (SSSR count). The lowest BCUT2D eigenvalue weighted by Crippen LogP contribution is -2.38. The van der Waals surface area contributed by atoms with Gasteiger partial charge in [-0.15, -0.1) is 11.3 Å². The summed E-state index contributed by atoms with van der Waals surface area (Å²) in [5, 5.41) is 8.80.